The molecule has 732 valence electrons. The number of methoxy groups -OCH3 is 4. The first-order valence-corrected chi connectivity index (χ1v) is 51.1. The molecule has 0 spiro atoms. The molecule has 5 atom stereocenters. The van der Waals surface area contributed by atoms with Crippen LogP contribution >= 0.6 is 63.7 Å². The Morgan fingerprint density at radius 1 is 0.504 bits per heavy atom. The summed E-state index contributed by atoms with van der Waals surface area (Å²) in [5.41, 5.74) is 3.28. The van der Waals surface area contributed by atoms with Gasteiger partial charge in [0.2, 0.25) is 8.32 Å². The minimum atomic E-state index is -1.79. The Kier molecular flexibility index (Phi) is 42.8. The SMILES string of the molecule is C=C(O[Si](C)(C)C)C(=COCC)C(=O)OCC.CCOC(=O)C1=CN2C(CC1=O)c1cc(Br)c(OCCCOC)cc1OC[C@H]2C(C)(C)C.CCOC(=O)c1cn2c(cc1=O)-c1cc(Br)c(OCCCOC)cc1OC[C@H]2C(C)(C)C.COCCCOc1cc2c(cc1Br)-c1cc(=O)c(C(=O)O)cn1[C@H](C(C)(C)C)CO2.COCCCOc1cc2c(cc1Br)C=N[C@H](C(C)(C)C)CO2. The number of fused-ring (bicyclic) bond motifs is 10. The fraction of sp³-hybridized carbons (Fsp3) is 0.535. The molecule has 1 N–H and O–H groups in total. The number of nitrogens with zero attached hydrogens (tertiary/aromatic N) is 4. The first-order valence-electron chi connectivity index (χ1n) is 44.6. The number of Topliss-reactive ketones (excluding diaryl/α,β-unsaturated/α-hetero) is 1. The van der Waals surface area contributed by atoms with Crippen molar-refractivity contribution in [2.75, 3.05) is 134 Å². The van der Waals surface area contributed by atoms with Gasteiger partial charge in [-0.2, -0.15) is 0 Å². The number of hydrogen-bond acceptors (Lipinski definition) is 26. The van der Waals surface area contributed by atoms with Crippen molar-refractivity contribution in [3.05, 3.63) is 170 Å². The Morgan fingerprint density at radius 2 is 0.910 bits per heavy atom. The predicted molar refractivity (Wildman–Crippen MR) is 529 cm³/mol. The summed E-state index contributed by atoms with van der Waals surface area (Å²) in [6.07, 6.45) is 11.3. The fourth-order valence-corrected chi connectivity index (χ4v) is 17.0. The minimum Gasteiger partial charge on any atom is -0.544 e. The quantitative estimate of drug-likeness (QED) is 0.00599. The molecule has 0 saturated carbocycles. The zero-order valence-electron chi connectivity index (χ0n) is 81.1. The van der Waals surface area contributed by atoms with E-state index in [1.54, 1.807) is 67.7 Å². The molecule has 0 saturated heterocycles. The van der Waals surface area contributed by atoms with Gasteiger partial charge in [-0.1, -0.05) is 89.7 Å². The smallest absolute Gasteiger partial charge is 0.345 e. The van der Waals surface area contributed by atoms with Crippen molar-refractivity contribution in [3.8, 4) is 68.5 Å². The summed E-state index contributed by atoms with van der Waals surface area (Å²) >= 11 is 14.3. The van der Waals surface area contributed by atoms with E-state index in [9.17, 15) is 38.7 Å². The Labute approximate surface area is 817 Å². The third kappa shape index (κ3) is 31.8. The number of ketones is 1. The molecule has 4 aromatic carbocycles. The molecule has 5 aliphatic rings. The Balaban J connectivity index is 0.000000231. The number of rotatable bonds is 32. The molecule has 29 nitrogen and oxygen atoms in total. The van der Waals surface area contributed by atoms with Gasteiger partial charge in [0.15, 0.2) is 16.6 Å². The minimum absolute atomic E-state index is 0.0189. The number of aliphatic imine (C=N–C) groups is 1. The molecule has 0 amide bonds. The normalized spacial score (nSPS) is 16.5. The molecule has 6 aromatic rings. The third-order valence-electron chi connectivity index (χ3n) is 21.4. The van der Waals surface area contributed by atoms with Gasteiger partial charge in [0.05, 0.1) is 112 Å². The van der Waals surface area contributed by atoms with Crippen LogP contribution in [0.15, 0.2) is 141 Å². The van der Waals surface area contributed by atoms with Gasteiger partial charge in [0, 0.05) is 170 Å². The highest BCUT2D eigenvalue weighted by molar-refractivity contribution is 9.11. The van der Waals surface area contributed by atoms with E-state index in [2.05, 4.69) is 163 Å². The number of halogens is 4. The Morgan fingerprint density at radius 3 is 1.34 bits per heavy atom. The van der Waals surface area contributed by atoms with Crippen molar-refractivity contribution in [1.29, 1.82) is 0 Å². The lowest BCUT2D eigenvalue weighted by molar-refractivity contribution is -0.141. The standard InChI is InChI=1S/C24H32BrNO6.C24H30BrNO6.C22H26BrNO6.C17H24BrNO3.C12H22O4Si/c2*1-6-30-23(28)16-13-26-18(11-19(16)27)15-10-17(25)21(31-9-7-8-29-5)12-20(15)32-14-22(26)24(2,3)4;1-22(2,3)20-12-30-18-10-19(29-7-5-6-28-4)15(23)8-13(18)16-9-17(25)14(21(26)27)11-24(16)20;1-17(2,3)16-11-22-14-9-15(21-7-5-6-20-4)13(18)8-12(14)10-19-16;1-7-14-9-11(12(13)15-8-2)10(3)16-17(4,5)6/h10,12-13,18,22H,6-9,11,14H2,1-5H3;10-13,22H,6-9,14H2,1-5H3;8-11,20H,5-7,12H2,1-4H3,(H,26,27);8-10,16H,5-7,11H2,1-4H3;9H,3,7-8H2,1-2,4-6H3/t18?,22-;22-;20-;16-;/m0000./s1. The van der Waals surface area contributed by atoms with E-state index in [0.29, 0.717) is 150 Å². The highest BCUT2D eigenvalue weighted by Crippen LogP contribution is 2.50. The number of carboxylic acid groups (broad SMARTS) is 1. The van der Waals surface area contributed by atoms with Crippen LogP contribution < -0.4 is 48.8 Å². The molecule has 133 heavy (non-hydrogen) atoms. The van der Waals surface area contributed by atoms with Crippen molar-refractivity contribution in [1.82, 2.24) is 14.0 Å². The second-order valence-corrected chi connectivity index (χ2v) is 44.8. The van der Waals surface area contributed by atoms with Crippen molar-refractivity contribution >= 4 is 108 Å². The van der Waals surface area contributed by atoms with Crippen LogP contribution in [-0.4, -0.2) is 210 Å². The van der Waals surface area contributed by atoms with Crippen LogP contribution in [-0.2, 0) is 56.7 Å². The van der Waals surface area contributed by atoms with Crippen molar-refractivity contribution in [2.45, 2.75) is 193 Å². The first kappa shape index (κ1) is 111. The zero-order chi connectivity index (χ0) is 98.6. The number of carbonyl (C=O) groups is 5. The van der Waals surface area contributed by atoms with Crippen LogP contribution in [0.1, 0.15) is 193 Å². The van der Waals surface area contributed by atoms with E-state index < -0.39 is 37.6 Å². The van der Waals surface area contributed by atoms with Crippen molar-refractivity contribution in [3.63, 3.8) is 0 Å². The van der Waals surface area contributed by atoms with Crippen molar-refractivity contribution in [2.24, 2.45) is 26.7 Å². The molecule has 34 heteroatoms. The largest absolute Gasteiger partial charge is 0.544 e. The molecule has 0 bridgehead atoms. The summed E-state index contributed by atoms with van der Waals surface area (Å²) in [6, 6.07) is 17.6. The van der Waals surface area contributed by atoms with Gasteiger partial charge in [-0.05, 0) is 157 Å². The van der Waals surface area contributed by atoms with Crippen molar-refractivity contribution < 1.29 is 109 Å². The lowest BCUT2D eigenvalue weighted by atomic mass is 9.83. The van der Waals surface area contributed by atoms with Crippen LogP contribution in [0.3, 0.4) is 0 Å². The lowest BCUT2D eigenvalue weighted by Crippen LogP contribution is -2.48. The average Bonchev–Trinajstić information content (AvgIpc) is 1.67. The number of esters is 3. The molecule has 2 aromatic heterocycles. The zero-order valence-corrected chi connectivity index (χ0v) is 88.5. The summed E-state index contributed by atoms with van der Waals surface area (Å²) in [6.45, 7) is 49.8. The monoisotopic (exact) mass is 2120 g/mol. The van der Waals surface area contributed by atoms with Crippen LogP contribution in [0.25, 0.3) is 22.5 Å². The molecular formula is C99H134Br4N4O25Si. The van der Waals surface area contributed by atoms with Crippen LogP contribution in [0.4, 0.5) is 0 Å². The molecule has 0 aliphatic carbocycles. The predicted octanol–water partition coefficient (Wildman–Crippen LogP) is 20.6. The Bertz CT molecular complexity index is 5210. The lowest BCUT2D eigenvalue weighted by Gasteiger charge is -2.43. The van der Waals surface area contributed by atoms with Crippen LogP contribution in [0.5, 0.6) is 46.0 Å². The summed E-state index contributed by atoms with van der Waals surface area (Å²) in [4.78, 5) is 93.0. The highest BCUT2D eigenvalue weighted by atomic mass is 79.9. The van der Waals surface area contributed by atoms with Gasteiger partial charge in [-0.25, -0.2) is 19.2 Å². The number of carboxylic acids is 1. The number of benzene rings is 4. The van der Waals surface area contributed by atoms with E-state index in [-0.39, 0.29) is 105 Å². The number of aromatic carboxylic acids is 1. The second kappa shape index (κ2) is 51.2. The summed E-state index contributed by atoms with van der Waals surface area (Å²) in [5.74, 6) is 2.68. The second-order valence-electron chi connectivity index (χ2n) is 36.9. The number of aromatic nitrogens is 2. The maximum absolute atomic E-state index is 12.9. The third-order valence-corrected chi connectivity index (χ3v) is 24.7. The van der Waals surface area contributed by atoms with Gasteiger partial charge in [-0.15, -0.1) is 0 Å². The maximum atomic E-state index is 12.9. The van der Waals surface area contributed by atoms with E-state index in [4.69, 9.17) is 80.2 Å². The van der Waals surface area contributed by atoms with E-state index in [0.717, 1.165) is 71.8 Å². The number of pyridine rings is 2. The number of ether oxygens (including phenoxy) is 16. The van der Waals surface area contributed by atoms with Gasteiger partial charge in [-0.3, -0.25) is 19.4 Å². The molecule has 5 aliphatic heterocycles. The van der Waals surface area contributed by atoms with Crippen LogP contribution in [0.2, 0.25) is 19.6 Å². The summed E-state index contributed by atoms with van der Waals surface area (Å²) in [5, 5.41) is 9.45. The average molecular weight is 2130 g/mol. The van der Waals surface area contributed by atoms with E-state index in [1.807, 2.05) is 84.4 Å². The number of hydrogen-bond donors (Lipinski definition) is 1. The van der Waals surface area contributed by atoms with Gasteiger partial charge in [0.1, 0.15) is 107 Å². The molecule has 7 heterocycles. The van der Waals surface area contributed by atoms with E-state index >= 15 is 0 Å². The molecular weight excluding hydrogens is 1990 g/mol. The topological polar surface area (TPSA) is 322 Å². The van der Waals surface area contributed by atoms with E-state index in [1.165, 1.54) is 24.6 Å². The van der Waals surface area contributed by atoms with Gasteiger partial charge in [0.25, 0.3) is 0 Å². The summed E-state index contributed by atoms with van der Waals surface area (Å²) in [7, 11) is 4.86. The summed E-state index contributed by atoms with van der Waals surface area (Å²) < 4.78 is 101. The number of carbonyl (C=O) groups excluding carboxylic acids is 4. The molecule has 0 radical (unpaired) electrons. The van der Waals surface area contributed by atoms with Gasteiger partial charge < -0.3 is 99.4 Å². The highest BCUT2D eigenvalue weighted by Gasteiger charge is 2.44. The van der Waals surface area contributed by atoms with Crippen LogP contribution in [0, 0.1) is 21.7 Å². The molecule has 11 rings (SSSR count). The maximum Gasteiger partial charge on any atom is 0.345 e. The molecule has 1 unspecified atom stereocenters. The Hall–Kier alpha value is -9.00. The first-order chi connectivity index (χ1) is 62.7. The molecule has 0 fully saturated rings. The fourth-order valence-electron chi connectivity index (χ4n) is 14.3. The van der Waals surface area contributed by atoms with Gasteiger partial charge >= 0.3 is 23.9 Å².